The predicted octanol–water partition coefficient (Wildman–Crippen LogP) is 5.03. The number of benzene rings is 3. The molecule has 8 nitrogen and oxygen atoms in total. The number of hydrogen-bond acceptors (Lipinski definition) is 7. The summed E-state index contributed by atoms with van der Waals surface area (Å²) in [6.45, 7) is 0.526. The number of rotatable bonds is 7. The fourth-order valence-electron chi connectivity index (χ4n) is 3.61. The molecule has 11 heteroatoms. The summed E-state index contributed by atoms with van der Waals surface area (Å²) in [5.74, 6) is 1.18. The van der Waals surface area contributed by atoms with Crippen LogP contribution in [-0.2, 0) is 19.3 Å². The third-order valence-electron chi connectivity index (χ3n) is 5.41. The van der Waals surface area contributed by atoms with Gasteiger partial charge >= 0.3 is 6.18 Å². The Morgan fingerprint density at radius 1 is 0.944 bits per heavy atom. The van der Waals surface area contributed by atoms with Crippen LogP contribution in [0.4, 0.5) is 18.9 Å². The van der Waals surface area contributed by atoms with Crippen LogP contribution in [0.1, 0.15) is 27.4 Å². The number of halogens is 3. The van der Waals surface area contributed by atoms with Crippen molar-refractivity contribution in [1.82, 2.24) is 15.5 Å². The van der Waals surface area contributed by atoms with E-state index in [1.165, 1.54) is 12.1 Å². The third-order valence-corrected chi connectivity index (χ3v) is 5.41. The van der Waals surface area contributed by atoms with E-state index >= 15 is 0 Å². The highest BCUT2D eigenvalue weighted by molar-refractivity contribution is 5.99. The molecule has 5 rings (SSSR count). The summed E-state index contributed by atoms with van der Waals surface area (Å²) in [4.78, 5) is 17.0. The number of ether oxygens (including phenoxy) is 2. The van der Waals surface area contributed by atoms with Crippen molar-refractivity contribution in [3.05, 3.63) is 89.3 Å². The van der Waals surface area contributed by atoms with Crippen molar-refractivity contribution in [3.8, 4) is 22.9 Å². The minimum Gasteiger partial charge on any atom is -0.454 e. The second kappa shape index (κ2) is 9.61. The zero-order valence-electron chi connectivity index (χ0n) is 18.6. The summed E-state index contributed by atoms with van der Waals surface area (Å²) in [6, 6.07) is 17.0. The van der Waals surface area contributed by atoms with Gasteiger partial charge in [0.25, 0.3) is 5.91 Å². The maximum atomic E-state index is 13.0. The number of anilines is 1. The molecule has 0 fully saturated rings. The quantitative estimate of drug-likeness (QED) is 0.371. The lowest BCUT2D eigenvalue weighted by Gasteiger charge is -2.11. The first-order valence-electron chi connectivity index (χ1n) is 10.9. The maximum absolute atomic E-state index is 13.0. The van der Waals surface area contributed by atoms with E-state index in [4.69, 9.17) is 14.0 Å². The Balaban J connectivity index is 1.23. The molecule has 0 saturated carbocycles. The zero-order valence-corrected chi connectivity index (χ0v) is 18.6. The molecule has 0 atom stereocenters. The number of alkyl halides is 3. The maximum Gasteiger partial charge on any atom is 0.416 e. The molecule has 1 amide bonds. The van der Waals surface area contributed by atoms with Crippen LogP contribution in [0.5, 0.6) is 11.5 Å². The van der Waals surface area contributed by atoms with E-state index in [1.807, 2.05) is 12.1 Å². The molecule has 2 N–H and O–H groups in total. The Labute approximate surface area is 203 Å². The predicted molar refractivity (Wildman–Crippen MR) is 122 cm³/mol. The number of aromatic nitrogens is 2. The molecule has 1 aliphatic heterocycles. The Hall–Kier alpha value is -4.54. The lowest BCUT2D eigenvalue weighted by molar-refractivity contribution is -0.137. The van der Waals surface area contributed by atoms with Crippen molar-refractivity contribution in [3.63, 3.8) is 0 Å². The van der Waals surface area contributed by atoms with Crippen LogP contribution in [0.2, 0.25) is 0 Å². The highest BCUT2D eigenvalue weighted by atomic mass is 19.4. The molecule has 0 spiro atoms. The molecule has 1 aliphatic rings. The topological polar surface area (TPSA) is 98.5 Å². The van der Waals surface area contributed by atoms with Gasteiger partial charge in [0.05, 0.1) is 17.7 Å². The van der Waals surface area contributed by atoms with Crippen molar-refractivity contribution in [1.29, 1.82) is 0 Å². The highest BCUT2D eigenvalue weighted by Gasteiger charge is 2.30. The monoisotopic (exact) mass is 496 g/mol. The first-order valence-corrected chi connectivity index (χ1v) is 10.9. The van der Waals surface area contributed by atoms with Gasteiger partial charge in [-0.1, -0.05) is 35.5 Å². The molecular formula is C25H19F3N4O4. The molecule has 0 saturated heterocycles. The van der Waals surface area contributed by atoms with Gasteiger partial charge < -0.3 is 24.6 Å². The summed E-state index contributed by atoms with van der Waals surface area (Å²) in [6.07, 6.45) is -4.48. The van der Waals surface area contributed by atoms with Crippen LogP contribution in [0.3, 0.4) is 0 Å². The number of nitrogens with one attached hydrogen (secondary N) is 2. The van der Waals surface area contributed by atoms with E-state index in [-0.39, 0.29) is 43.1 Å². The lowest BCUT2D eigenvalue weighted by Crippen LogP contribution is -2.24. The molecule has 0 bridgehead atoms. The molecule has 1 aromatic heterocycles. The molecule has 2 heterocycles. The van der Waals surface area contributed by atoms with Crippen molar-refractivity contribution < 1.29 is 32.0 Å². The Morgan fingerprint density at radius 3 is 2.64 bits per heavy atom. The minimum absolute atomic E-state index is 0.0349. The van der Waals surface area contributed by atoms with E-state index in [0.29, 0.717) is 22.7 Å². The van der Waals surface area contributed by atoms with Gasteiger partial charge in [0, 0.05) is 17.8 Å². The van der Waals surface area contributed by atoms with Gasteiger partial charge in [-0.3, -0.25) is 4.79 Å². The van der Waals surface area contributed by atoms with Crippen LogP contribution in [0.25, 0.3) is 11.4 Å². The van der Waals surface area contributed by atoms with Crippen molar-refractivity contribution in [2.24, 2.45) is 0 Å². The van der Waals surface area contributed by atoms with Gasteiger partial charge in [-0.25, -0.2) is 0 Å². The number of para-hydroxylation sites is 1. The first kappa shape index (κ1) is 23.2. The highest BCUT2D eigenvalue weighted by Crippen LogP contribution is 2.33. The fraction of sp³-hybridized carbons (Fsp3) is 0.160. The minimum atomic E-state index is -4.48. The van der Waals surface area contributed by atoms with E-state index in [2.05, 4.69) is 20.8 Å². The Morgan fingerprint density at radius 2 is 1.78 bits per heavy atom. The largest absolute Gasteiger partial charge is 0.454 e. The van der Waals surface area contributed by atoms with Gasteiger partial charge in [-0.15, -0.1) is 0 Å². The fourth-order valence-corrected chi connectivity index (χ4v) is 3.61. The Bertz CT molecular complexity index is 1400. The third kappa shape index (κ3) is 5.09. The summed E-state index contributed by atoms with van der Waals surface area (Å²) < 4.78 is 54.8. The Kier molecular flexibility index (Phi) is 6.19. The molecule has 4 aromatic rings. The molecule has 0 radical (unpaired) electrons. The molecule has 36 heavy (non-hydrogen) atoms. The summed E-state index contributed by atoms with van der Waals surface area (Å²) in [7, 11) is 0. The standard InChI is InChI=1S/C25H19F3N4O4/c26-25(27,28)17-5-3-4-16(11-17)23-31-22(36-32-23)13-29-19-7-2-1-6-18(19)24(33)30-12-15-8-9-20-21(10-15)35-14-34-20/h1-11,29H,12-14H2,(H,30,33). The lowest BCUT2D eigenvalue weighted by atomic mass is 10.1. The smallest absolute Gasteiger partial charge is 0.416 e. The van der Waals surface area contributed by atoms with Gasteiger partial charge in [-0.2, -0.15) is 18.2 Å². The summed E-state index contributed by atoms with van der Waals surface area (Å²) in [5, 5.41) is 9.71. The molecule has 184 valence electrons. The van der Waals surface area contributed by atoms with Crippen molar-refractivity contribution >= 4 is 11.6 Å². The number of carbonyl (C=O) groups excluding carboxylic acids is 1. The summed E-state index contributed by atoms with van der Waals surface area (Å²) in [5.41, 5.74) is 1.16. The normalized spacial score (nSPS) is 12.4. The van der Waals surface area contributed by atoms with Gasteiger partial charge in [-0.05, 0) is 42.0 Å². The summed E-state index contributed by atoms with van der Waals surface area (Å²) >= 11 is 0. The van der Waals surface area contributed by atoms with Crippen LogP contribution in [0, 0.1) is 0 Å². The molecule has 0 aliphatic carbocycles. The van der Waals surface area contributed by atoms with Crippen molar-refractivity contribution in [2.45, 2.75) is 19.3 Å². The number of amides is 1. The SMILES string of the molecule is O=C(NCc1ccc2c(c1)OCO2)c1ccccc1NCc1nc(-c2cccc(C(F)(F)F)c2)no1. The molecule has 0 unspecified atom stereocenters. The second-order valence-electron chi connectivity index (χ2n) is 7.86. The second-order valence-corrected chi connectivity index (χ2v) is 7.86. The van der Waals surface area contributed by atoms with Gasteiger partial charge in [0.15, 0.2) is 11.5 Å². The zero-order chi connectivity index (χ0) is 25.1. The average Bonchev–Trinajstić information content (AvgIpc) is 3.55. The van der Waals surface area contributed by atoms with E-state index in [1.54, 1.807) is 30.3 Å². The molecular weight excluding hydrogens is 477 g/mol. The van der Waals surface area contributed by atoms with Crippen LogP contribution >= 0.6 is 0 Å². The van der Waals surface area contributed by atoms with E-state index in [0.717, 1.165) is 17.7 Å². The van der Waals surface area contributed by atoms with Crippen molar-refractivity contribution in [2.75, 3.05) is 12.1 Å². The average molecular weight is 496 g/mol. The van der Waals surface area contributed by atoms with Gasteiger partial charge in [0.2, 0.25) is 18.5 Å². The van der Waals surface area contributed by atoms with Crippen LogP contribution < -0.4 is 20.1 Å². The number of nitrogens with zero attached hydrogens (tertiary/aromatic N) is 2. The van der Waals surface area contributed by atoms with E-state index in [9.17, 15) is 18.0 Å². The van der Waals surface area contributed by atoms with Crippen LogP contribution in [0.15, 0.2) is 71.3 Å². The number of fused-ring (bicyclic) bond motifs is 1. The van der Waals surface area contributed by atoms with Gasteiger partial charge in [0.1, 0.15) is 0 Å². The van der Waals surface area contributed by atoms with Crippen LogP contribution in [-0.4, -0.2) is 22.8 Å². The molecule has 3 aromatic carbocycles. The number of carbonyl (C=O) groups is 1. The number of hydrogen-bond donors (Lipinski definition) is 2. The first-order chi connectivity index (χ1) is 17.4. The van der Waals surface area contributed by atoms with E-state index < -0.39 is 11.7 Å².